The molecule has 298 valence electrons. The first-order valence-corrected chi connectivity index (χ1v) is 19.2. The summed E-state index contributed by atoms with van der Waals surface area (Å²) in [5.74, 6) is -0.711. The number of hydrogen-bond donors (Lipinski definition) is 0. The van der Waals surface area contributed by atoms with Gasteiger partial charge in [0.25, 0.3) is 0 Å². The van der Waals surface area contributed by atoms with Crippen LogP contribution in [-0.4, -0.2) is 72.0 Å². The smallest absolute Gasteiger partial charge is 0.871 e. The summed E-state index contributed by atoms with van der Waals surface area (Å²) in [5, 5.41) is 50.9. The Labute approximate surface area is 376 Å². The van der Waals surface area contributed by atoms with Crippen LogP contribution >= 0.6 is 92.8 Å². The van der Waals surface area contributed by atoms with Gasteiger partial charge >= 0.3 is 34.1 Å². The van der Waals surface area contributed by atoms with Crippen molar-refractivity contribution in [3.8, 4) is 23.0 Å². The van der Waals surface area contributed by atoms with Gasteiger partial charge in [0, 0.05) is 119 Å². The molecule has 0 atom stereocenters. The molecule has 2 heterocycles. The maximum Gasteiger partial charge on any atom is 2.00 e. The fourth-order valence-corrected chi connectivity index (χ4v) is 8.24. The minimum absolute atomic E-state index is 0. The summed E-state index contributed by atoms with van der Waals surface area (Å²) in [6.07, 6.45) is 0. The molecule has 4 aromatic rings. The molecule has 2 fully saturated rings. The van der Waals surface area contributed by atoms with Gasteiger partial charge in [-0.15, -0.1) is 0 Å². The Morgan fingerprint density at radius 3 is 0.667 bits per heavy atom. The molecule has 0 unspecified atom stereocenters. The zero-order chi connectivity index (χ0) is 37.7. The Hall–Kier alpha value is -0.721. The van der Waals surface area contributed by atoms with E-state index in [0.717, 1.165) is 52.4 Å². The second-order valence-corrected chi connectivity index (χ2v) is 16.0. The number of piperazine rings is 2. The van der Waals surface area contributed by atoms with Crippen molar-refractivity contribution in [2.75, 3.05) is 52.4 Å². The largest absolute Gasteiger partial charge is 2.00 e. The van der Waals surface area contributed by atoms with Crippen molar-refractivity contribution in [2.45, 2.75) is 26.2 Å². The molecule has 0 saturated carbocycles. The molecule has 0 spiro atoms. The van der Waals surface area contributed by atoms with E-state index in [1.807, 2.05) is 0 Å². The summed E-state index contributed by atoms with van der Waals surface area (Å²) in [4.78, 5) is 8.68. The number of hydrogen-bond acceptors (Lipinski definition) is 8. The summed E-state index contributed by atoms with van der Waals surface area (Å²) in [5.41, 5.74) is 2.39. The second kappa shape index (κ2) is 21.9. The second-order valence-electron chi connectivity index (χ2n) is 12.6. The Kier molecular flexibility index (Phi) is 19.3. The van der Waals surface area contributed by atoms with E-state index in [0.29, 0.717) is 68.5 Å². The Morgan fingerprint density at radius 2 is 0.500 bits per heavy atom. The molecule has 0 amide bonds. The Bertz CT molecular complexity index is 1630. The van der Waals surface area contributed by atoms with E-state index in [2.05, 4.69) is 19.6 Å². The molecule has 54 heavy (non-hydrogen) atoms. The van der Waals surface area contributed by atoms with Crippen LogP contribution in [0.5, 0.6) is 23.0 Å². The van der Waals surface area contributed by atoms with Gasteiger partial charge in [-0.25, -0.2) is 0 Å². The van der Waals surface area contributed by atoms with E-state index in [-0.39, 0.29) is 77.2 Å². The van der Waals surface area contributed by atoms with Gasteiger partial charge in [0.15, 0.2) is 0 Å². The van der Waals surface area contributed by atoms with Crippen molar-refractivity contribution in [2.24, 2.45) is 0 Å². The molecular formula is C36H32Cl8Cu2N4O4. The van der Waals surface area contributed by atoms with Gasteiger partial charge in [-0.05, 0) is 70.8 Å². The summed E-state index contributed by atoms with van der Waals surface area (Å²) in [6.45, 7) is 8.17. The molecule has 4 aromatic carbocycles. The maximum absolute atomic E-state index is 12.1. The van der Waals surface area contributed by atoms with Gasteiger partial charge in [0.2, 0.25) is 0 Å². The molecule has 2 aliphatic rings. The number of rotatable bonds is 8. The normalized spacial score (nSPS) is 15.6. The monoisotopic (exact) mass is 990 g/mol. The van der Waals surface area contributed by atoms with E-state index in [1.165, 1.54) is 24.3 Å². The molecule has 6 rings (SSSR count). The molecule has 2 aliphatic heterocycles. The summed E-state index contributed by atoms with van der Waals surface area (Å²) < 4.78 is 0. The first-order chi connectivity index (χ1) is 24.7. The number of halogens is 8. The first kappa shape index (κ1) is 47.7. The topological polar surface area (TPSA) is 105 Å². The molecule has 0 bridgehead atoms. The standard InChI is InChI=1S/2C18H18Cl4N2O2.2Cu/c2*19-13-5-11(17(25)15(21)7-13)9-23-1-2-24(4-3-23)10-12-6-14(20)8-16(22)18(12)26;;/h2*5-8,25-26H,1-4,9-10H2;;/q;;2*+2/p-4. The molecule has 0 N–H and O–H groups in total. The summed E-state index contributed by atoms with van der Waals surface area (Å²) in [6, 6.07) is 12.5. The third-order valence-corrected chi connectivity index (χ3v) is 10.8. The molecule has 8 nitrogen and oxygen atoms in total. The average Bonchev–Trinajstić information content (AvgIpc) is 3.08. The fraction of sp³-hybridized carbons (Fsp3) is 0.333. The van der Waals surface area contributed by atoms with E-state index >= 15 is 0 Å². The third kappa shape index (κ3) is 13.2. The SMILES string of the molecule is [Cu+2].[Cu+2].[O-]c1c(Cl)cc(Cl)cc1CN1CCN(Cc2cc(Cl)cc(Cl)c2[O-])CC1.[O-]c1c(Cl)cc(Cl)cc1CN1CCN(Cc2cc(Cl)cc(Cl)c2[O-])CC1. The van der Waals surface area contributed by atoms with Gasteiger partial charge in [0.1, 0.15) is 0 Å². The number of nitrogens with zero attached hydrogens (tertiary/aromatic N) is 4. The maximum atomic E-state index is 12.1. The summed E-state index contributed by atoms with van der Waals surface area (Å²) in [7, 11) is 0. The van der Waals surface area contributed by atoms with Gasteiger partial charge in [0.05, 0.1) is 0 Å². The van der Waals surface area contributed by atoms with Crippen LogP contribution in [0.15, 0.2) is 48.5 Å². The number of benzene rings is 4. The van der Waals surface area contributed by atoms with Crippen LogP contribution in [0.3, 0.4) is 0 Å². The van der Waals surface area contributed by atoms with E-state index in [1.54, 1.807) is 24.3 Å². The van der Waals surface area contributed by atoms with E-state index < -0.39 is 0 Å². The van der Waals surface area contributed by atoms with Crippen LogP contribution in [0.25, 0.3) is 0 Å². The van der Waals surface area contributed by atoms with Crippen LogP contribution in [0, 0.1) is 0 Å². The Balaban J connectivity index is 0.000000280. The van der Waals surface area contributed by atoms with Gasteiger partial charge in [-0.2, -0.15) is 0 Å². The van der Waals surface area contributed by atoms with Gasteiger partial charge in [-0.1, -0.05) is 116 Å². The molecule has 18 heteroatoms. The van der Waals surface area contributed by atoms with Crippen LogP contribution in [-0.2, 0) is 60.3 Å². The first-order valence-electron chi connectivity index (χ1n) is 16.2. The van der Waals surface area contributed by atoms with Crippen LogP contribution in [0.4, 0.5) is 0 Å². The molecular weight excluding hydrogens is 963 g/mol. The minimum Gasteiger partial charge on any atom is -0.871 e. The molecule has 0 aromatic heterocycles. The average molecular weight is 995 g/mol. The molecule has 0 aliphatic carbocycles. The predicted octanol–water partition coefficient (Wildman–Crippen LogP) is 7.53. The van der Waals surface area contributed by atoms with Crippen molar-refractivity contribution in [1.82, 2.24) is 19.6 Å². The zero-order valence-corrected chi connectivity index (χ0v) is 36.1. The van der Waals surface area contributed by atoms with Gasteiger partial charge < -0.3 is 20.4 Å². The van der Waals surface area contributed by atoms with Crippen LogP contribution < -0.4 is 20.4 Å². The van der Waals surface area contributed by atoms with E-state index in [9.17, 15) is 20.4 Å². The molecule has 2 saturated heterocycles. The third-order valence-electron chi connectivity index (χ3n) is 8.85. The van der Waals surface area contributed by atoms with Crippen LogP contribution in [0.2, 0.25) is 40.2 Å². The van der Waals surface area contributed by atoms with E-state index in [4.69, 9.17) is 92.8 Å². The predicted molar refractivity (Wildman–Crippen MR) is 205 cm³/mol. The quantitative estimate of drug-likeness (QED) is 0.167. The van der Waals surface area contributed by atoms with Crippen molar-refractivity contribution in [1.29, 1.82) is 0 Å². The van der Waals surface area contributed by atoms with Gasteiger partial charge in [-0.3, -0.25) is 19.6 Å². The van der Waals surface area contributed by atoms with Crippen molar-refractivity contribution in [3.63, 3.8) is 0 Å². The Morgan fingerprint density at radius 1 is 0.333 bits per heavy atom. The fourth-order valence-electron chi connectivity index (χ4n) is 6.10. The minimum atomic E-state index is -0.178. The molecule has 2 radical (unpaired) electrons. The van der Waals surface area contributed by atoms with Crippen molar-refractivity contribution < 1.29 is 54.6 Å². The zero-order valence-electron chi connectivity index (χ0n) is 28.2. The van der Waals surface area contributed by atoms with Crippen molar-refractivity contribution >= 4 is 92.8 Å². The van der Waals surface area contributed by atoms with Crippen molar-refractivity contribution in [3.05, 3.63) is 111 Å². The summed E-state index contributed by atoms with van der Waals surface area (Å²) >= 11 is 47.6. The van der Waals surface area contributed by atoms with Crippen LogP contribution in [0.1, 0.15) is 22.3 Å².